The highest BCUT2D eigenvalue weighted by molar-refractivity contribution is 7.87. The van der Waals surface area contributed by atoms with Crippen molar-refractivity contribution in [3.8, 4) is 5.75 Å². The Morgan fingerprint density at radius 2 is 1.93 bits per heavy atom. The summed E-state index contributed by atoms with van der Waals surface area (Å²) in [5.41, 5.74) is 0. The van der Waals surface area contributed by atoms with Gasteiger partial charge in [-0.1, -0.05) is 0 Å². The van der Waals surface area contributed by atoms with E-state index in [0.717, 1.165) is 0 Å². The Labute approximate surface area is 159 Å². The average Bonchev–Trinajstić information content (AvgIpc) is 2.89. The number of nitrogens with zero attached hydrogens (tertiary/aromatic N) is 2. The molecule has 1 atom stereocenters. The molecular formula is C18H23FN2O5S. The van der Waals surface area contributed by atoms with E-state index in [0.29, 0.717) is 44.8 Å². The van der Waals surface area contributed by atoms with Gasteiger partial charge in [-0.3, -0.25) is 13.8 Å². The molecule has 9 heteroatoms. The van der Waals surface area contributed by atoms with E-state index in [1.165, 1.54) is 24.3 Å². The number of likely N-dealkylation sites (tertiary alicyclic amines) is 1. The quantitative estimate of drug-likeness (QED) is 0.707. The molecule has 7 nitrogen and oxygen atoms in total. The number of piperidine rings is 1. The van der Waals surface area contributed by atoms with Crippen LogP contribution in [-0.4, -0.2) is 76.4 Å². The molecular weight excluding hydrogens is 375 g/mol. The first-order valence-electron chi connectivity index (χ1n) is 8.80. The molecule has 1 unspecified atom stereocenters. The van der Waals surface area contributed by atoms with Crippen LogP contribution in [0.1, 0.15) is 12.8 Å². The van der Waals surface area contributed by atoms with Crippen molar-refractivity contribution >= 4 is 22.6 Å². The van der Waals surface area contributed by atoms with Crippen LogP contribution >= 0.6 is 0 Å². The van der Waals surface area contributed by atoms with Crippen molar-refractivity contribution < 1.29 is 27.7 Å². The van der Waals surface area contributed by atoms with E-state index >= 15 is 0 Å². The number of hydrogen-bond acceptors (Lipinski definition) is 5. The van der Waals surface area contributed by atoms with Crippen LogP contribution in [0, 0.1) is 5.82 Å². The summed E-state index contributed by atoms with van der Waals surface area (Å²) in [6.07, 6.45) is 0.939. The summed E-state index contributed by atoms with van der Waals surface area (Å²) in [7, 11) is 0.283. The molecule has 1 aromatic carbocycles. The standard InChI is InChI=1S/C18H23FN2O5S/c1-25-11-10-21-17(23)13-27(24)18(21)6-8-20(9-7-18)16(22)12-26-15-4-2-14(19)3-5-15/h2-5H,6-13H2,1H3. The van der Waals surface area contributed by atoms with E-state index in [1.54, 1.807) is 16.9 Å². The third kappa shape index (κ3) is 4.14. The van der Waals surface area contributed by atoms with Gasteiger partial charge >= 0.3 is 0 Å². The second-order valence-electron chi connectivity index (χ2n) is 6.60. The first kappa shape index (κ1) is 19.8. The van der Waals surface area contributed by atoms with Crippen LogP contribution in [0.5, 0.6) is 5.75 Å². The number of amides is 2. The fourth-order valence-corrected chi connectivity index (χ4v) is 5.28. The zero-order valence-corrected chi connectivity index (χ0v) is 16.0. The molecule has 2 saturated heterocycles. The van der Waals surface area contributed by atoms with Crippen molar-refractivity contribution in [1.82, 2.24) is 9.80 Å². The van der Waals surface area contributed by atoms with Crippen LogP contribution < -0.4 is 4.74 Å². The Bertz CT molecular complexity index is 719. The number of ether oxygens (including phenoxy) is 2. The normalized spacial score (nSPS) is 21.7. The summed E-state index contributed by atoms with van der Waals surface area (Å²) in [4.78, 5) is 27.2. The number of carbonyl (C=O) groups is 2. The number of halogens is 1. The van der Waals surface area contributed by atoms with E-state index in [2.05, 4.69) is 0 Å². The number of benzene rings is 1. The average molecular weight is 398 g/mol. The SMILES string of the molecule is COCCN1C(=O)CS(=O)C12CCN(C(=O)COc1ccc(F)cc1)CC2. The van der Waals surface area contributed by atoms with Crippen LogP contribution in [0.4, 0.5) is 4.39 Å². The summed E-state index contributed by atoms with van der Waals surface area (Å²) < 4.78 is 36.0. The monoisotopic (exact) mass is 398 g/mol. The third-order valence-electron chi connectivity index (χ3n) is 5.06. The molecule has 3 rings (SSSR count). The molecule has 0 N–H and O–H groups in total. The highest BCUT2D eigenvalue weighted by atomic mass is 32.2. The first-order chi connectivity index (χ1) is 13.0. The van der Waals surface area contributed by atoms with Gasteiger partial charge < -0.3 is 19.3 Å². The molecule has 0 radical (unpaired) electrons. The van der Waals surface area contributed by atoms with Crippen molar-refractivity contribution in [3.05, 3.63) is 30.1 Å². The Morgan fingerprint density at radius 1 is 1.26 bits per heavy atom. The summed E-state index contributed by atoms with van der Waals surface area (Å²) in [6.45, 7) is 1.47. The predicted molar refractivity (Wildman–Crippen MR) is 97.0 cm³/mol. The van der Waals surface area contributed by atoms with Gasteiger partial charge in [0.2, 0.25) is 5.91 Å². The zero-order valence-electron chi connectivity index (χ0n) is 15.2. The minimum atomic E-state index is -1.28. The van der Waals surface area contributed by atoms with Crippen LogP contribution in [0.2, 0.25) is 0 Å². The maximum absolute atomic E-state index is 12.9. The lowest BCUT2D eigenvalue weighted by atomic mass is 10.0. The van der Waals surface area contributed by atoms with Crippen molar-refractivity contribution in [2.75, 3.05) is 45.7 Å². The van der Waals surface area contributed by atoms with E-state index < -0.39 is 15.7 Å². The predicted octanol–water partition coefficient (Wildman–Crippen LogP) is 0.761. The zero-order chi connectivity index (χ0) is 19.4. The fraction of sp³-hybridized carbons (Fsp3) is 0.556. The van der Waals surface area contributed by atoms with Gasteiger partial charge in [0, 0.05) is 39.6 Å². The van der Waals surface area contributed by atoms with Crippen LogP contribution in [-0.2, 0) is 25.1 Å². The molecule has 2 amide bonds. The summed E-state index contributed by atoms with van der Waals surface area (Å²) in [6, 6.07) is 5.47. The lowest BCUT2D eigenvalue weighted by Crippen LogP contribution is -2.56. The van der Waals surface area contributed by atoms with Crippen LogP contribution in [0.25, 0.3) is 0 Å². The van der Waals surface area contributed by atoms with Crippen molar-refractivity contribution in [3.63, 3.8) is 0 Å². The smallest absolute Gasteiger partial charge is 0.260 e. The molecule has 2 heterocycles. The maximum Gasteiger partial charge on any atom is 0.260 e. The van der Waals surface area contributed by atoms with Crippen LogP contribution in [0.15, 0.2) is 24.3 Å². The van der Waals surface area contributed by atoms with Gasteiger partial charge in [0.25, 0.3) is 5.91 Å². The summed E-state index contributed by atoms with van der Waals surface area (Å²) >= 11 is 0. The van der Waals surface area contributed by atoms with E-state index in [1.807, 2.05) is 0 Å². The lowest BCUT2D eigenvalue weighted by molar-refractivity contribution is -0.137. The van der Waals surface area contributed by atoms with Gasteiger partial charge in [-0.2, -0.15) is 0 Å². The number of rotatable bonds is 6. The second kappa shape index (κ2) is 8.35. The molecule has 0 saturated carbocycles. The van der Waals surface area contributed by atoms with Crippen molar-refractivity contribution in [2.45, 2.75) is 17.7 Å². The van der Waals surface area contributed by atoms with Gasteiger partial charge in [-0.15, -0.1) is 0 Å². The lowest BCUT2D eigenvalue weighted by Gasteiger charge is -2.43. The summed E-state index contributed by atoms with van der Waals surface area (Å²) in [5.74, 6) is -0.221. The fourth-order valence-electron chi connectivity index (χ4n) is 3.56. The first-order valence-corrected chi connectivity index (χ1v) is 10.1. The van der Waals surface area contributed by atoms with Crippen molar-refractivity contribution in [1.29, 1.82) is 0 Å². The van der Waals surface area contributed by atoms with Gasteiger partial charge in [0.15, 0.2) is 6.61 Å². The molecule has 0 bridgehead atoms. The minimum absolute atomic E-state index is 0.0331. The van der Waals surface area contributed by atoms with Gasteiger partial charge in [-0.25, -0.2) is 4.39 Å². The minimum Gasteiger partial charge on any atom is -0.484 e. The molecule has 27 heavy (non-hydrogen) atoms. The molecule has 1 spiro atoms. The third-order valence-corrected chi connectivity index (χ3v) is 7.05. The van der Waals surface area contributed by atoms with E-state index in [9.17, 15) is 18.2 Å². The maximum atomic E-state index is 12.9. The van der Waals surface area contributed by atoms with Crippen LogP contribution in [0.3, 0.4) is 0 Å². The Kier molecular flexibility index (Phi) is 6.11. The second-order valence-corrected chi connectivity index (χ2v) is 8.34. The Morgan fingerprint density at radius 3 is 2.56 bits per heavy atom. The topological polar surface area (TPSA) is 76.2 Å². The molecule has 2 aliphatic rings. The number of methoxy groups -OCH3 is 1. The molecule has 1 aromatic rings. The highest BCUT2D eigenvalue weighted by Gasteiger charge is 2.52. The summed E-state index contributed by atoms with van der Waals surface area (Å²) in [5, 5.41) is 0. The number of carbonyl (C=O) groups excluding carboxylic acids is 2. The van der Waals surface area contributed by atoms with Gasteiger partial charge in [0.1, 0.15) is 22.2 Å². The Hall–Kier alpha value is -2.00. The van der Waals surface area contributed by atoms with Gasteiger partial charge in [0.05, 0.1) is 17.4 Å². The van der Waals surface area contributed by atoms with Crippen molar-refractivity contribution in [2.24, 2.45) is 0 Å². The largest absolute Gasteiger partial charge is 0.484 e. The molecule has 0 aromatic heterocycles. The highest BCUT2D eigenvalue weighted by Crippen LogP contribution is 2.37. The molecule has 0 aliphatic carbocycles. The van der Waals surface area contributed by atoms with Gasteiger partial charge in [-0.05, 0) is 24.3 Å². The molecule has 2 aliphatic heterocycles. The van der Waals surface area contributed by atoms with E-state index in [-0.39, 0.29) is 30.0 Å². The molecule has 2 fully saturated rings. The number of hydrogen-bond donors (Lipinski definition) is 0. The van der Waals surface area contributed by atoms with E-state index in [4.69, 9.17) is 9.47 Å². The Balaban J connectivity index is 1.57. The molecule has 148 valence electrons.